The summed E-state index contributed by atoms with van der Waals surface area (Å²) in [4.78, 5) is 9.93. The number of morpholine rings is 1. The molecule has 3 heterocycles. The van der Waals surface area contributed by atoms with Crippen LogP contribution in [0.3, 0.4) is 0 Å². The van der Waals surface area contributed by atoms with Crippen molar-refractivity contribution in [2.75, 3.05) is 50.8 Å². The van der Waals surface area contributed by atoms with Gasteiger partial charge < -0.3 is 19.5 Å². The molecule has 2 fully saturated rings. The lowest BCUT2D eigenvalue weighted by atomic mass is 9.81. The van der Waals surface area contributed by atoms with Gasteiger partial charge in [0.05, 0.1) is 13.2 Å². The first-order valence-corrected chi connectivity index (χ1v) is 12.0. The maximum Gasteiger partial charge on any atom is 0.199 e. The molecule has 32 heavy (non-hydrogen) atoms. The zero-order valence-corrected chi connectivity index (χ0v) is 19.4. The number of fused-ring (bicyclic) bond motifs is 2. The van der Waals surface area contributed by atoms with Crippen LogP contribution in [-0.2, 0) is 23.7 Å². The van der Waals surface area contributed by atoms with Crippen molar-refractivity contribution in [3.8, 4) is 0 Å². The van der Waals surface area contributed by atoms with Crippen LogP contribution in [0.5, 0.6) is 0 Å². The second kappa shape index (κ2) is 9.19. The molecule has 2 aromatic rings. The number of ether oxygens (including phenoxy) is 1. The zero-order valence-electron chi connectivity index (χ0n) is 19.4. The van der Waals surface area contributed by atoms with Gasteiger partial charge in [-0.15, -0.1) is 10.2 Å². The van der Waals surface area contributed by atoms with Crippen LogP contribution >= 0.6 is 0 Å². The van der Waals surface area contributed by atoms with Gasteiger partial charge in [0, 0.05) is 50.9 Å². The molecular formula is C24H35N7O. The number of anilines is 1. The van der Waals surface area contributed by atoms with E-state index in [1.165, 1.54) is 36.9 Å². The average Bonchev–Trinajstić information content (AvgIpc) is 3.52. The Morgan fingerprint density at radius 1 is 1.16 bits per heavy atom. The Morgan fingerprint density at radius 2 is 1.94 bits per heavy atom. The molecule has 2 aliphatic heterocycles. The summed E-state index contributed by atoms with van der Waals surface area (Å²) in [5.74, 6) is 2.75. The summed E-state index contributed by atoms with van der Waals surface area (Å²) in [5.41, 5.74) is 3.07. The van der Waals surface area contributed by atoms with Gasteiger partial charge in [0.25, 0.3) is 0 Å². The lowest BCUT2D eigenvalue weighted by Gasteiger charge is -2.29. The molecule has 0 atom stereocenters. The highest BCUT2D eigenvalue weighted by Gasteiger charge is 2.45. The Labute approximate surface area is 190 Å². The highest BCUT2D eigenvalue weighted by Crippen LogP contribution is 2.50. The summed E-state index contributed by atoms with van der Waals surface area (Å²) in [6.07, 6.45) is 5.17. The Balaban J connectivity index is 1.38. The second-order valence-electron chi connectivity index (χ2n) is 9.33. The van der Waals surface area contributed by atoms with Gasteiger partial charge in [0.2, 0.25) is 0 Å². The number of guanidine groups is 1. The predicted molar refractivity (Wildman–Crippen MR) is 126 cm³/mol. The number of benzene rings is 1. The van der Waals surface area contributed by atoms with E-state index in [0.717, 1.165) is 63.5 Å². The monoisotopic (exact) mass is 437 g/mol. The first-order valence-electron chi connectivity index (χ1n) is 12.0. The smallest absolute Gasteiger partial charge is 0.199 e. The second-order valence-corrected chi connectivity index (χ2v) is 9.33. The van der Waals surface area contributed by atoms with Crippen LogP contribution < -0.4 is 10.2 Å². The molecule has 3 aliphatic rings. The third-order valence-electron chi connectivity index (χ3n) is 7.41. The van der Waals surface area contributed by atoms with E-state index in [9.17, 15) is 0 Å². The number of aryl methyl sites for hydroxylation is 1. The van der Waals surface area contributed by atoms with Gasteiger partial charge in [-0.3, -0.25) is 4.90 Å². The van der Waals surface area contributed by atoms with Gasteiger partial charge in [-0.1, -0.05) is 31.0 Å². The van der Waals surface area contributed by atoms with Crippen LogP contribution in [0.4, 0.5) is 5.69 Å². The number of aliphatic imine (C=N–C) groups is 1. The molecule has 8 nitrogen and oxygen atoms in total. The number of para-hydroxylation sites is 1. The van der Waals surface area contributed by atoms with Crippen molar-refractivity contribution in [1.29, 1.82) is 0 Å². The first-order chi connectivity index (χ1) is 15.7. The molecule has 1 N–H and O–H groups in total. The fraction of sp³-hybridized carbons (Fsp3) is 0.625. The van der Waals surface area contributed by atoms with E-state index >= 15 is 0 Å². The Bertz CT molecular complexity index is 957. The van der Waals surface area contributed by atoms with Crippen molar-refractivity contribution >= 4 is 11.6 Å². The van der Waals surface area contributed by atoms with Gasteiger partial charge in [0.15, 0.2) is 11.8 Å². The van der Waals surface area contributed by atoms with E-state index in [0.29, 0.717) is 6.54 Å². The van der Waals surface area contributed by atoms with Gasteiger partial charge in [-0.05, 0) is 31.4 Å². The molecular weight excluding hydrogens is 402 g/mol. The maximum atomic E-state index is 5.49. The minimum absolute atomic E-state index is 0.268. The molecule has 1 aromatic carbocycles. The molecule has 1 saturated heterocycles. The summed E-state index contributed by atoms with van der Waals surface area (Å²) >= 11 is 0. The van der Waals surface area contributed by atoms with Gasteiger partial charge >= 0.3 is 0 Å². The largest absolute Gasteiger partial charge is 0.379 e. The van der Waals surface area contributed by atoms with Crippen molar-refractivity contribution in [2.24, 2.45) is 12.0 Å². The van der Waals surface area contributed by atoms with Crippen LogP contribution in [0, 0.1) is 6.92 Å². The summed E-state index contributed by atoms with van der Waals surface area (Å²) in [7, 11) is 2.00. The molecule has 1 aromatic heterocycles. The average molecular weight is 438 g/mol. The molecule has 0 unspecified atom stereocenters. The Morgan fingerprint density at radius 3 is 2.69 bits per heavy atom. The van der Waals surface area contributed by atoms with Gasteiger partial charge in [-0.2, -0.15) is 0 Å². The SMILES string of the molecule is Cc1nnc(CN=C(NCCN2CCOCC2)N2CC3(CCCC3)c3ccccc32)n1C. The van der Waals surface area contributed by atoms with Crippen LogP contribution in [0.15, 0.2) is 29.3 Å². The highest BCUT2D eigenvalue weighted by atomic mass is 16.5. The fourth-order valence-electron chi connectivity index (χ4n) is 5.42. The topological polar surface area (TPSA) is 70.8 Å². The zero-order chi connectivity index (χ0) is 22.0. The summed E-state index contributed by atoms with van der Waals surface area (Å²) in [6.45, 7) is 9.01. The number of rotatable bonds is 5. The number of nitrogens with one attached hydrogen (secondary N) is 1. The Hall–Kier alpha value is -2.45. The lowest BCUT2D eigenvalue weighted by molar-refractivity contribution is 0.0389. The van der Waals surface area contributed by atoms with E-state index in [2.05, 4.69) is 49.6 Å². The summed E-state index contributed by atoms with van der Waals surface area (Å²) < 4.78 is 7.51. The van der Waals surface area contributed by atoms with Crippen LogP contribution in [0.1, 0.15) is 42.9 Å². The number of hydrogen-bond donors (Lipinski definition) is 1. The van der Waals surface area contributed by atoms with Crippen LogP contribution in [-0.4, -0.2) is 71.6 Å². The molecule has 8 heteroatoms. The first kappa shape index (κ1) is 21.4. The standard InChI is InChI=1S/C24H35N7O/c1-19-27-28-22(29(19)2)17-26-23(25-11-12-30-13-15-32-16-14-30)31-18-24(9-5-6-10-24)20-7-3-4-8-21(20)31/h3-4,7-8H,5-6,9-18H2,1-2H3,(H,25,26). The minimum atomic E-state index is 0.268. The van der Waals surface area contributed by atoms with Crippen LogP contribution in [0.2, 0.25) is 0 Å². The number of aromatic nitrogens is 3. The molecule has 1 spiro atoms. The summed E-state index contributed by atoms with van der Waals surface area (Å²) in [6, 6.07) is 8.93. The fourth-order valence-corrected chi connectivity index (χ4v) is 5.42. The van der Waals surface area contributed by atoms with Gasteiger partial charge in [-0.25, -0.2) is 4.99 Å². The highest BCUT2D eigenvalue weighted by molar-refractivity contribution is 5.98. The third-order valence-corrected chi connectivity index (χ3v) is 7.41. The van der Waals surface area contributed by atoms with Gasteiger partial charge in [0.1, 0.15) is 12.4 Å². The van der Waals surface area contributed by atoms with E-state index < -0.39 is 0 Å². The summed E-state index contributed by atoms with van der Waals surface area (Å²) in [5, 5.41) is 12.2. The minimum Gasteiger partial charge on any atom is -0.379 e. The molecule has 172 valence electrons. The van der Waals surface area contributed by atoms with E-state index in [1.807, 2.05) is 18.5 Å². The van der Waals surface area contributed by atoms with Crippen molar-refractivity contribution in [3.05, 3.63) is 41.5 Å². The van der Waals surface area contributed by atoms with E-state index in [1.54, 1.807) is 0 Å². The number of hydrogen-bond acceptors (Lipinski definition) is 5. The Kier molecular flexibility index (Phi) is 6.15. The van der Waals surface area contributed by atoms with E-state index in [-0.39, 0.29) is 5.41 Å². The predicted octanol–water partition coefficient (Wildman–Crippen LogP) is 2.23. The van der Waals surface area contributed by atoms with Crippen molar-refractivity contribution in [2.45, 2.75) is 44.6 Å². The molecule has 5 rings (SSSR count). The third kappa shape index (κ3) is 4.13. The number of nitrogens with zero attached hydrogens (tertiary/aromatic N) is 6. The van der Waals surface area contributed by atoms with Crippen molar-refractivity contribution in [3.63, 3.8) is 0 Å². The quantitative estimate of drug-likeness (QED) is 0.571. The maximum absolute atomic E-state index is 5.49. The van der Waals surface area contributed by atoms with Crippen molar-refractivity contribution in [1.82, 2.24) is 25.0 Å². The van der Waals surface area contributed by atoms with E-state index in [4.69, 9.17) is 9.73 Å². The van der Waals surface area contributed by atoms with Crippen molar-refractivity contribution < 1.29 is 4.74 Å². The molecule has 1 saturated carbocycles. The lowest BCUT2D eigenvalue weighted by Crippen LogP contribution is -2.47. The molecule has 0 amide bonds. The normalized spacial score (nSPS) is 20.8. The molecule has 0 bridgehead atoms. The van der Waals surface area contributed by atoms with Crippen LogP contribution in [0.25, 0.3) is 0 Å². The molecule has 1 aliphatic carbocycles. The molecule has 0 radical (unpaired) electrons.